The van der Waals surface area contributed by atoms with Crippen LogP contribution in [0.15, 0.2) is 29.1 Å². The molecule has 7 heteroatoms. The fourth-order valence-electron chi connectivity index (χ4n) is 3.02. The van der Waals surface area contributed by atoms with Crippen molar-refractivity contribution in [2.75, 3.05) is 18.1 Å². The van der Waals surface area contributed by atoms with Crippen LogP contribution >= 0.6 is 0 Å². The highest BCUT2D eigenvalue weighted by molar-refractivity contribution is 5.86. The molecule has 4 nitrogen and oxygen atoms in total. The molecule has 0 radical (unpaired) electrons. The number of hydrogen-bond acceptors (Lipinski definition) is 3. The Bertz CT molecular complexity index is 755. The van der Waals surface area contributed by atoms with E-state index >= 15 is 0 Å². The van der Waals surface area contributed by atoms with Crippen molar-refractivity contribution in [3.63, 3.8) is 0 Å². The lowest BCUT2D eigenvalue weighted by atomic mass is 10.1. The molecular weight excluding hydrogens is 297 g/mol. The second-order valence-corrected chi connectivity index (χ2v) is 5.45. The zero-order valence-corrected chi connectivity index (χ0v) is 11.7. The van der Waals surface area contributed by atoms with E-state index in [0.717, 1.165) is 12.8 Å². The van der Waals surface area contributed by atoms with Crippen molar-refractivity contribution in [1.29, 1.82) is 0 Å². The number of H-pyrrole nitrogens is 1. The average molecular weight is 312 g/mol. The van der Waals surface area contributed by atoms with Gasteiger partial charge in [0.25, 0.3) is 0 Å². The first-order valence-electron chi connectivity index (χ1n) is 7.02. The van der Waals surface area contributed by atoms with Gasteiger partial charge in [-0.25, -0.2) is 0 Å². The Morgan fingerprint density at radius 1 is 1.32 bits per heavy atom. The molecule has 3 rings (SSSR count). The topological polar surface area (TPSA) is 56.3 Å². The van der Waals surface area contributed by atoms with Crippen molar-refractivity contribution in [3.8, 4) is 0 Å². The number of aliphatic hydroxyl groups is 1. The first kappa shape index (κ1) is 14.9. The Hall–Kier alpha value is -2.02. The van der Waals surface area contributed by atoms with Crippen molar-refractivity contribution >= 4 is 16.6 Å². The summed E-state index contributed by atoms with van der Waals surface area (Å²) in [6.07, 6.45) is -2.89. The molecule has 0 spiro atoms. The fourth-order valence-corrected chi connectivity index (χ4v) is 3.02. The molecule has 1 aliphatic heterocycles. The van der Waals surface area contributed by atoms with E-state index in [2.05, 4.69) is 4.98 Å². The van der Waals surface area contributed by atoms with Crippen LogP contribution in [0.1, 0.15) is 18.4 Å². The van der Waals surface area contributed by atoms with Gasteiger partial charge in [0.05, 0.1) is 18.2 Å². The number of anilines is 1. The molecule has 1 aromatic heterocycles. The third kappa shape index (κ3) is 2.56. The van der Waals surface area contributed by atoms with Crippen LogP contribution in [0.5, 0.6) is 0 Å². The van der Waals surface area contributed by atoms with Gasteiger partial charge in [-0.3, -0.25) is 4.79 Å². The molecular formula is C15H15F3N2O2. The van der Waals surface area contributed by atoms with Gasteiger partial charge < -0.3 is 15.0 Å². The summed E-state index contributed by atoms with van der Waals surface area (Å²) in [5, 5.41) is 9.33. The molecule has 0 amide bonds. The summed E-state index contributed by atoms with van der Waals surface area (Å²) >= 11 is 0. The van der Waals surface area contributed by atoms with Crippen LogP contribution in [0.4, 0.5) is 18.9 Å². The zero-order chi connectivity index (χ0) is 15.9. The van der Waals surface area contributed by atoms with E-state index in [4.69, 9.17) is 0 Å². The quantitative estimate of drug-likeness (QED) is 0.896. The summed E-state index contributed by atoms with van der Waals surface area (Å²) in [6, 6.07) is 5.09. The third-order valence-corrected chi connectivity index (χ3v) is 4.05. The van der Waals surface area contributed by atoms with Gasteiger partial charge in [0.15, 0.2) is 0 Å². The maximum Gasteiger partial charge on any atom is 0.417 e. The number of fused-ring (bicyclic) bond motifs is 1. The van der Waals surface area contributed by atoms with Crippen LogP contribution in [-0.4, -0.2) is 29.3 Å². The van der Waals surface area contributed by atoms with Gasteiger partial charge in [0.2, 0.25) is 5.56 Å². The summed E-state index contributed by atoms with van der Waals surface area (Å²) < 4.78 is 39.4. The largest absolute Gasteiger partial charge is 0.417 e. The lowest BCUT2D eigenvalue weighted by molar-refractivity contribution is -0.136. The Kier molecular flexibility index (Phi) is 3.60. The number of nitrogens with one attached hydrogen (secondary N) is 1. The van der Waals surface area contributed by atoms with Crippen LogP contribution in [0, 0.1) is 0 Å². The predicted octanol–water partition coefficient (Wildman–Crippen LogP) is 2.51. The van der Waals surface area contributed by atoms with E-state index in [-0.39, 0.29) is 23.6 Å². The van der Waals surface area contributed by atoms with Gasteiger partial charge in [0, 0.05) is 29.2 Å². The molecule has 0 saturated carbocycles. The van der Waals surface area contributed by atoms with Gasteiger partial charge in [-0.1, -0.05) is 0 Å². The number of hydrogen-bond donors (Lipinski definition) is 2. The Labute approximate surface area is 124 Å². The van der Waals surface area contributed by atoms with E-state index < -0.39 is 17.3 Å². The normalized spacial score (nSPS) is 19.1. The first-order chi connectivity index (χ1) is 10.4. The molecule has 2 N–H and O–H groups in total. The number of aromatic nitrogens is 1. The predicted molar refractivity (Wildman–Crippen MR) is 77.0 cm³/mol. The van der Waals surface area contributed by atoms with Gasteiger partial charge >= 0.3 is 6.18 Å². The fraction of sp³-hybridized carbons (Fsp3) is 0.400. The first-order valence-corrected chi connectivity index (χ1v) is 7.02. The zero-order valence-electron chi connectivity index (χ0n) is 11.7. The summed E-state index contributed by atoms with van der Waals surface area (Å²) in [4.78, 5) is 15.7. The molecule has 1 saturated heterocycles. The number of nitrogens with zero attached hydrogens (tertiary/aromatic N) is 1. The highest BCUT2D eigenvalue weighted by atomic mass is 19.4. The van der Waals surface area contributed by atoms with Gasteiger partial charge in [-0.15, -0.1) is 0 Å². The lowest BCUT2D eigenvalue weighted by Gasteiger charge is -2.25. The number of alkyl halides is 3. The molecule has 118 valence electrons. The number of halogens is 3. The molecule has 2 heterocycles. The highest BCUT2D eigenvalue weighted by Crippen LogP contribution is 2.35. The van der Waals surface area contributed by atoms with Gasteiger partial charge in [-0.2, -0.15) is 13.2 Å². The Balaban J connectivity index is 2.16. The van der Waals surface area contributed by atoms with Crippen molar-refractivity contribution in [3.05, 3.63) is 40.2 Å². The van der Waals surface area contributed by atoms with E-state index in [1.165, 1.54) is 12.1 Å². The summed E-state index contributed by atoms with van der Waals surface area (Å²) in [6.45, 7) is 0.664. The molecule has 1 unspecified atom stereocenters. The summed E-state index contributed by atoms with van der Waals surface area (Å²) in [5.74, 6) is 0. The van der Waals surface area contributed by atoms with E-state index in [1.807, 2.05) is 4.90 Å². The van der Waals surface area contributed by atoms with Crippen LogP contribution in [0.2, 0.25) is 0 Å². The molecule has 2 aromatic rings. The molecule has 1 fully saturated rings. The Morgan fingerprint density at radius 3 is 2.77 bits per heavy atom. The smallest absolute Gasteiger partial charge is 0.394 e. The minimum Gasteiger partial charge on any atom is -0.394 e. The van der Waals surface area contributed by atoms with Crippen molar-refractivity contribution < 1.29 is 18.3 Å². The van der Waals surface area contributed by atoms with Crippen LogP contribution in [0.25, 0.3) is 10.9 Å². The molecule has 1 atom stereocenters. The number of aromatic amines is 1. The second-order valence-electron chi connectivity index (χ2n) is 5.45. The molecule has 1 aromatic carbocycles. The third-order valence-electron chi connectivity index (χ3n) is 4.05. The van der Waals surface area contributed by atoms with Crippen LogP contribution in [-0.2, 0) is 6.18 Å². The minimum atomic E-state index is -4.59. The van der Waals surface area contributed by atoms with Crippen LogP contribution in [0.3, 0.4) is 0 Å². The molecule has 0 aliphatic carbocycles. The lowest BCUT2D eigenvalue weighted by Crippen LogP contribution is -2.32. The highest BCUT2D eigenvalue weighted by Gasteiger charge is 2.34. The summed E-state index contributed by atoms with van der Waals surface area (Å²) in [7, 11) is 0. The van der Waals surface area contributed by atoms with E-state index in [1.54, 1.807) is 6.07 Å². The number of benzene rings is 1. The second kappa shape index (κ2) is 5.31. The van der Waals surface area contributed by atoms with Gasteiger partial charge in [-0.05, 0) is 31.0 Å². The van der Waals surface area contributed by atoms with Crippen molar-refractivity contribution in [1.82, 2.24) is 4.98 Å². The van der Waals surface area contributed by atoms with Crippen LogP contribution < -0.4 is 10.5 Å². The average Bonchev–Trinajstić information content (AvgIpc) is 2.93. The monoisotopic (exact) mass is 312 g/mol. The molecule has 0 bridgehead atoms. The molecule has 1 aliphatic rings. The maximum atomic E-state index is 13.1. The molecule has 22 heavy (non-hydrogen) atoms. The number of aliphatic hydroxyl groups excluding tert-OH is 1. The minimum absolute atomic E-state index is 0.0320. The van der Waals surface area contributed by atoms with Crippen molar-refractivity contribution in [2.24, 2.45) is 0 Å². The maximum absolute atomic E-state index is 13.1. The standard InChI is InChI=1S/C15H15F3N2O2/c16-15(17,18)12-7-14(22)19-13-4-3-9(6-11(12)13)20-5-1-2-10(20)8-21/h3-4,6-7,10,21H,1-2,5,8H2,(H,19,22). The van der Waals surface area contributed by atoms with Gasteiger partial charge in [0.1, 0.15) is 0 Å². The van der Waals surface area contributed by atoms with Crippen molar-refractivity contribution in [2.45, 2.75) is 25.1 Å². The number of rotatable bonds is 2. The SMILES string of the molecule is O=c1cc(C(F)(F)F)c2cc(N3CCCC3CO)ccc2[nH]1. The summed E-state index contributed by atoms with van der Waals surface area (Å²) in [5.41, 5.74) is -0.931. The Morgan fingerprint density at radius 2 is 2.09 bits per heavy atom. The van der Waals surface area contributed by atoms with E-state index in [9.17, 15) is 23.1 Å². The van der Waals surface area contributed by atoms with E-state index in [0.29, 0.717) is 18.3 Å². The number of pyridine rings is 1.